The van der Waals surface area contributed by atoms with E-state index in [1.807, 2.05) is 6.92 Å². The molecule has 0 spiro atoms. The van der Waals surface area contributed by atoms with Crippen molar-refractivity contribution in [2.45, 2.75) is 25.4 Å². The number of nitrogens with one attached hydrogen (secondary N) is 1. The molecule has 2 rings (SSSR count). The fraction of sp³-hybridized carbons (Fsp3) is 0.727. The van der Waals surface area contributed by atoms with Crippen LogP contribution in [0, 0.1) is 0 Å². The van der Waals surface area contributed by atoms with E-state index in [1.54, 1.807) is 0 Å². The zero-order chi connectivity index (χ0) is 13.3. The van der Waals surface area contributed by atoms with Gasteiger partial charge in [0.2, 0.25) is 5.91 Å². The number of carbonyl (C=O) groups is 3. The molecule has 7 heteroatoms. The molecule has 2 fully saturated rings. The molecule has 2 saturated heterocycles. The van der Waals surface area contributed by atoms with Gasteiger partial charge in [-0.2, -0.15) is 0 Å². The van der Waals surface area contributed by atoms with Crippen molar-refractivity contribution < 1.29 is 19.5 Å². The number of β-amino-alcohol motifs (C(OH)–C–C–N with tert-alkyl or cyclic N) is 1. The summed E-state index contributed by atoms with van der Waals surface area (Å²) in [6.45, 7) is 2.24. The molecule has 0 atom stereocenters. The Morgan fingerprint density at radius 1 is 1.44 bits per heavy atom. The minimum absolute atomic E-state index is 0.0497. The van der Waals surface area contributed by atoms with Crippen molar-refractivity contribution in [3.8, 4) is 0 Å². The molecule has 2 heterocycles. The molecule has 0 bridgehead atoms. The lowest BCUT2D eigenvalue weighted by Crippen LogP contribution is -2.64. The Bertz CT molecular complexity index is 374. The van der Waals surface area contributed by atoms with Gasteiger partial charge in [-0.15, -0.1) is 0 Å². The SMILES string of the molecule is CCCC1(O)CN(C(=O)CN2C(=O)CNC2=O)C1. The van der Waals surface area contributed by atoms with Gasteiger partial charge >= 0.3 is 6.03 Å². The number of rotatable bonds is 4. The zero-order valence-corrected chi connectivity index (χ0v) is 10.3. The van der Waals surface area contributed by atoms with Crippen LogP contribution in [0.4, 0.5) is 4.79 Å². The number of hydrogen-bond acceptors (Lipinski definition) is 4. The molecule has 0 aliphatic carbocycles. The maximum Gasteiger partial charge on any atom is 0.325 e. The summed E-state index contributed by atoms with van der Waals surface area (Å²) < 4.78 is 0. The van der Waals surface area contributed by atoms with Gasteiger partial charge in [-0.1, -0.05) is 13.3 Å². The number of urea groups is 1. The number of likely N-dealkylation sites (tertiary alicyclic amines) is 1. The number of amides is 4. The van der Waals surface area contributed by atoms with E-state index >= 15 is 0 Å². The molecule has 4 amide bonds. The number of imide groups is 1. The molecule has 0 saturated carbocycles. The topological polar surface area (TPSA) is 89.9 Å². The van der Waals surface area contributed by atoms with Gasteiger partial charge in [-0.05, 0) is 6.42 Å². The van der Waals surface area contributed by atoms with Gasteiger partial charge in [0, 0.05) is 0 Å². The third-order valence-corrected chi connectivity index (χ3v) is 3.27. The molecule has 7 nitrogen and oxygen atoms in total. The Kier molecular flexibility index (Phi) is 3.25. The minimum Gasteiger partial charge on any atom is -0.386 e. The van der Waals surface area contributed by atoms with Crippen molar-refractivity contribution >= 4 is 17.8 Å². The molecule has 0 aromatic heterocycles. The highest BCUT2D eigenvalue weighted by molar-refractivity contribution is 6.04. The van der Waals surface area contributed by atoms with Crippen molar-refractivity contribution in [2.24, 2.45) is 0 Å². The summed E-state index contributed by atoms with van der Waals surface area (Å²) in [4.78, 5) is 36.7. The van der Waals surface area contributed by atoms with E-state index < -0.39 is 17.5 Å². The van der Waals surface area contributed by atoms with Gasteiger partial charge in [0.05, 0.1) is 25.2 Å². The summed E-state index contributed by atoms with van der Waals surface area (Å²) in [7, 11) is 0. The van der Waals surface area contributed by atoms with E-state index in [0.717, 1.165) is 11.3 Å². The largest absolute Gasteiger partial charge is 0.386 e. The Morgan fingerprint density at radius 2 is 2.11 bits per heavy atom. The Balaban J connectivity index is 1.84. The van der Waals surface area contributed by atoms with Crippen LogP contribution in [0.25, 0.3) is 0 Å². The molecule has 100 valence electrons. The maximum atomic E-state index is 11.8. The Morgan fingerprint density at radius 3 is 2.61 bits per heavy atom. The Labute approximate surface area is 105 Å². The standard InChI is InChI=1S/C11H17N3O4/c1-2-3-11(18)6-13(7-11)9(16)5-14-8(15)4-12-10(14)17/h18H,2-7H2,1H3,(H,12,17). The van der Waals surface area contributed by atoms with Gasteiger partial charge in [-0.25, -0.2) is 4.79 Å². The third-order valence-electron chi connectivity index (χ3n) is 3.27. The van der Waals surface area contributed by atoms with Crippen molar-refractivity contribution in [3.63, 3.8) is 0 Å². The predicted molar refractivity (Wildman–Crippen MR) is 61.5 cm³/mol. The van der Waals surface area contributed by atoms with Gasteiger partial charge in [-0.3, -0.25) is 14.5 Å². The van der Waals surface area contributed by atoms with Crippen LogP contribution in [0.2, 0.25) is 0 Å². The molecule has 18 heavy (non-hydrogen) atoms. The van der Waals surface area contributed by atoms with Crippen molar-refractivity contribution in [3.05, 3.63) is 0 Å². The third kappa shape index (κ3) is 2.31. The van der Waals surface area contributed by atoms with Crippen molar-refractivity contribution in [2.75, 3.05) is 26.2 Å². The summed E-state index contributed by atoms with van der Waals surface area (Å²) in [5.74, 6) is -0.695. The maximum absolute atomic E-state index is 11.8. The van der Waals surface area contributed by atoms with Crippen LogP contribution in [-0.2, 0) is 9.59 Å². The highest BCUT2D eigenvalue weighted by Gasteiger charge is 2.43. The quantitative estimate of drug-likeness (QED) is 0.625. The monoisotopic (exact) mass is 255 g/mol. The van der Waals surface area contributed by atoms with Crippen LogP contribution in [0.3, 0.4) is 0 Å². The lowest BCUT2D eigenvalue weighted by molar-refractivity contribution is -0.158. The number of aliphatic hydroxyl groups is 1. The molecule has 0 radical (unpaired) electrons. The van der Waals surface area contributed by atoms with Gasteiger partial charge in [0.1, 0.15) is 6.54 Å². The van der Waals surface area contributed by atoms with E-state index in [4.69, 9.17) is 0 Å². The molecule has 2 aliphatic heterocycles. The lowest BCUT2D eigenvalue weighted by atomic mass is 9.89. The fourth-order valence-corrected chi connectivity index (χ4v) is 2.31. The van der Waals surface area contributed by atoms with Crippen LogP contribution < -0.4 is 5.32 Å². The molecule has 2 aliphatic rings. The highest BCUT2D eigenvalue weighted by Crippen LogP contribution is 2.25. The predicted octanol–water partition coefficient (Wildman–Crippen LogP) is -1.09. The molecule has 0 aromatic rings. The molecule has 2 N–H and O–H groups in total. The first kappa shape index (κ1) is 12.8. The number of nitrogens with zero attached hydrogens (tertiary/aromatic N) is 2. The summed E-state index contributed by atoms with van der Waals surface area (Å²) >= 11 is 0. The van der Waals surface area contributed by atoms with E-state index in [9.17, 15) is 19.5 Å². The molecule has 0 aromatic carbocycles. The second-order valence-corrected chi connectivity index (χ2v) is 4.86. The zero-order valence-electron chi connectivity index (χ0n) is 10.3. The second-order valence-electron chi connectivity index (χ2n) is 4.86. The average Bonchev–Trinajstić information content (AvgIpc) is 2.57. The molecule has 0 unspecified atom stereocenters. The summed E-state index contributed by atoms with van der Waals surface area (Å²) in [6, 6.07) is -0.530. The van der Waals surface area contributed by atoms with Crippen molar-refractivity contribution in [1.29, 1.82) is 0 Å². The first-order chi connectivity index (χ1) is 8.45. The average molecular weight is 255 g/mol. The van der Waals surface area contributed by atoms with E-state index in [2.05, 4.69) is 5.32 Å². The minimum atomic E-state index is -0.790. The van der Waals surface area contributed by atoms with Crippen LogP contribution in [0.1, 0.15) is 19.8 Å². The smallest absolute Gasteiger partial charge is 0.325 e. The summed E-state index contributed by atoms with van der Waals surface area (Å²) in [5.41, 5.74) is -0.790. The fourth-order valence-electron chi connectivity index (χ4n) is 2.31. The molecular formula is C11H17N3O4. The second kappa shape index (κ2) is 4.56. The summed E-state index contributed by atoms with van der Waals surface area (Å²) in [5, 5.41) is 12.3. The molecular weight excluding hydrogens is 238 g/mol. The first-order valence-electron chi connectivity index (χ1n) is 6.03. The van der Waals surface area contributed by atoms with E-state index in [-0.39, 0.29) is 32.1 Å². The van der Waals surface area contributed by atoms with Gasteiger partial charge in [0.25, 0.3) is 5.91 Å². The van der Waals surface area contributed by atoms with Crippen LogP contribution in [0.15, 0.2) is 0 Å². The van der Waals surface area contributed by atoms with Crippen LogP contribution in [0.5, 0.6) is 0 Å². The lowest BCUT2D eigenvalue weighted by Gasteiger charge is -2.46. The van der Waals surface area contributed by atoms with Gasteiger partial charge < -0.3 is 15.3 Å². The number of carbonyl (C=O) groups excluding carboxylic acids is 3. The highest BCUT2D eigenvalue weighted by atomic mass is 16.3. The summed E-state index contributed by atoms with van der Waals surface area (Å²) in [6.07, 6.45) is 1.51. The number of hydrogen-bond donors (Lipinski definition) is 2. The van der Waals surface area contributed by atoms with Crippen LogP contribution >= 0.6 is 0 Å². The first-order valence-corrected chi connectivity index (χ1v) is 6.03. The van der Waals surface area contributed by atoms with Gasteiger partial charge in [0.15, 0.2) is 0 Å². The van der Waals surface area contributed by atoms with Crippen LogP contribution in [-0.4, -0.2) is 64.5 Å². The van der Waals surface area contributed by atoms with Crippen molar-refractivity contribution in [1.82, 2.24) is 15.1 Å². The van der Waals surface area contributed by atoms with E-state index in [0.29, 0.717) is 6.42 Å². The normalized spacial score (nSPS) is 21.9. The van der Waals surface area contributed by atoms with E-state index in [1.165, 1.54) is 4.90 Å². The Hall–Kier alpha value is -1.63.